The number of nitrogens with one attached hydrogen (secondary N) is 1. The Kier molecular flexibility index (Phi) is 4.26. The second kappa shape index (κ2) is 6.37. The van der Waals surface area contributed by atoms with Crippen LogP contribution in [0.25, 0.3) is 10.9 Å². The summed E-state index contributed by atoms with van der Waals surface area (Å²) in [5.41, 5.74) is 0.119. The summed E-state index contributed by atoms with van der Waals surface area (Å²) in [6.45, 7) is -0.326. The number of hydrogen-bond donors (Lipinski definition) is 1. The van der Waals surface area contributed by atoms with Gasteiger partial charge in [0.15, 0.2) is 11.6 Å². The zero-order chi connectivity index (χ0) is 17.3. The predicted molar refractivity (Wildman–Crippen MR) is 86.0 cm³/mol. The summed E-state index contributed by atoms with van der Waals surface area (Å²) in [6, 6.07) is 7.65. The van der Waals surface area contributed by atoms with Gasteiger partial charge in [-0.05, 0) is 30.3 Å². The molecule has 0 aliphatic heterocycles. The van der Waals surface area contributed by atoms with Crippen molar-refractivity contribution in [2.45, 2.75) is 6.54 Å². The van der Waals surface area contributed by atoms with E-state index in [1.54, 1.807) is 12.1 Å². The number of halogens is 3. The van der Waals surface area contributed by atoms with Gasteiger partial charge in [0.2, 0.25) is 5.91 Å². The Balaban J connectivity index is 1.84. The van der Waals surface area contributed by atoms with Gasteiger partial charge in [0.25, 0.3) is 5.56 Å². The molecular formula is C16H10ClF2N3O2. The predicted octanol–water partition coefficient (Wildman–Crippen LogP) is 2.97. The molecule has 1 heterocycles. The highest BCUT2D eigenvalue weighted by molar-refractivity contribution is 6.31. The molecule has 1 amide bonds. The van der Waals surface area contributed by atoms with E-state index < -0.39 is 23.1 Å². The van der Waals surface area contributed by atoms with Gasteiger partial charge in [0.1, 0.15) is 6.54 Å². The zero-order valence-corrected chi connectivity index (χ0v) is 12.8. The van der Waals surface area contributed by atoms with Gasteiger partial charge < -0.3 is 5.32 Å². The lowest BCUT2D eigenvalue weighted by molar-refractivity contribution is -0.116. The minimum Gasteiger partial charge on any atom is -0.324 e. The second-order valence-electron chi connectivity index (χ2n) is 5.02. The van der Waals surface area contributed by atoms with Gasteiger partial charge in [-0.3, -0.25) is 14.2 Å². The maximum absolute atomic E-state index is 13.1. The SMILES string of the molecule is O=C(Cn1cnc2ccc(Cl)cc2c1=O)Nc1ccc(F)c(F)c1. The quantitative estimate of drug-likeness (QED) is 0.790. The number of aromatic nitrogens is 2. The van der Waals surface area contributed by atoms with Crippen LogP contribution in [0.3, 0.4) is 0 Å². The molecule has 0 aliphatic carbocycles. The van der Waals surface area contributed by atoms with Crippen LogP contribution in [0.5, 0.6) is 0 Å². The Labute approximate surface area is 139 Å². The first kappa shape index (κ1) is 16.1. The highest BCUT2D eigenvalue weighted by Gasteiger charge is 2.10. The van der Waals surface area contributed by atoms with E-state index >= 15 is 0 Å². The molecule has 0 saturated heterocycles. The highest BCUT2D eigenvalue weighted by atomic mass is 35.5. The summed E-state index contributed by atoms with van der Waals surface area (Å²) in [7, 11) is 0. The summed E-state index contributed by atoms with van der Waals surface area (Å²) in [4.78, 5) is 28.4. The van der Waals surface area contributed by atoms with E-state index in [1.807, 2.05) is 0 Å². The number of benzene rings is 2. The van der Waals surface area contributed by atoms with Crippen LogP contribution in [0, 0.1) is 11.6 Å². The Morgan fingerprint density at radius 1 is 1.17 bits per heavy atom. The number of carbonyl (C=O) groups is 1. The van der Waals surface area contributed by atoms with Crippen LogP contribution in [0.1, 0.15) is 0 Å². The minimum absolute atomic E-state index is 0.0868. The summed E-state index contributed by atoms with van der Waals surface area (Å²) in [5, 5.41) is 3.05. The maximum Gasteiger partial charge on any atom is 0.261 e. The molecule has 0 spiro atoms. The molecule has 0 saturated carbocycles. The van der Waals surface area contributed by atoms with E-state index in [-0.39, 0.29) is 17.6 Å². The summed E-state index contributed by atoms with van der Waals surface area (Å²) in [5.74, 6) is -2.67. The normalized spacial score (nSPS) is 10.8. The molecule has 3 aromatic rings. The molecule has 2 aromatic carbocycles. The van der Waals surface area contributed by atoms with Crippen LogP contribution in [-0.2, 0) is 11.3 Å². The molecule has 0 unspecified atom stereocenters. The number of rotatable bonds is 3. The Morgan fingerprint density at radius 3 is 2.71 bits per heavy atom. The Morgan fingerprint density at radius 2 is 1.96 bits per heavy atom. The second-order valence-corrected chi connectivity index (χ2v) is 5.45. The van der Waals surface area contributed by atoms with E-state index in [9.17, 15) is 18.4 Å². The van der Waals surface area contributed by atoms with E-state index in [4.69, 9.17) is 11.6 Å². The van der Waals surface area contributed by atoms with E-state index in [0.717, 1.165) is 16.7 Å². The van der Waals surface area contributed by atoms with Crippen molar-refractivity contribution in [3.8, 4) is 0 Å². The fourth-order valence-corrected chi connectivity index (χ4v) is 2.35. The zero-order valence-electron chi connectivity index (χ0n) is 12.1. The number of anilines is 1. The molecule has 8 heteroatoms. The molecule has 0 fully saturated rings. The highest BCUT2D eigenvalue weighted by Crippen LogP contribution is 2.15. The van der Waals surface area contributed by atoms with Gasteiger partial charge in [0.05, 0.1) is 17.2 Å². The van der Waals surface area contributed by atoms with Crippen LogP contribution < -0.4 is 10.9 Å². The molecule has 0 aliphatic rings. The molecule has 1 aromatic heterocycles. The van der Waals surface area contributed by atoms with Crippen molar-refractivity contribution in [1.29, 1.82) is 0 Å². The average molecular weight is 350 g/mol. The van der Waals surface area contributed by atoms with Gasteiger partial charge in [-0.15, -0.1) is 0 Å². The van der Waals surface area contributed by atoms with Crippen molar-refractivity contribution in [1.82, 2.24) is 9.55 Å². The number of nitrogens with zero attached hydrogens (tertiary/aromatic N) is 2. The Bertz CT molecular complexity index is 1000. The molecule has 24 heavy (non-hydrogen) atoms. The summed E-state index contributed by atoms with van der Waals surface area (Å²) in [6.07, 6.45) is 1.24. The van der Waals surface area contributed by atoms with Gasteiger partial charge in [-0.2, -0.15) is 0 Å². The van der Waals surface area contributed by atoms with Crippen LogP contribution in [0.4, 0.5) is 14.5 Å². The van der Waals surface area contributed by atoms with Crippen molar-refractivity contribution < 1.29 is 13.6 Å². The van der Waals surface area contributed by atoms with Crippen LogP contribution in [-0.4, -0.2) is 15.5 Å². The van der Waals surface area contributed by atoms with E-state index in [0.29, 0.717) is 10.5 Å². The van der Waals surface area contributed by atoms with Crippen molar-refractivity contribution in [2.75, 3.05) is 5.32 Å². The number of carbonyl (C=O) groups excluding carboxylic acids is 1. The molecular weight excluding hydrogens is 340 g/mol. The number of hydrogen-bond acceptors (Lipinski definition) is 3. The van der Waals surface area contributed by atoms with Gasteiger partial charge in [-0.1, -0.05) is 11.6 Å². The van der Waals surface area contributed by atoms with Gasteiger partial charge >= 0.3 is 0 Å². The largest absolute Gasteiger partial charge is 0.324 e. The number of amides is 1. The lowest BCUT2D eigenvalue weighted by atomic mass is 10.2. The smallest absolute Gasteiger partial charge is 0.261 e. The van der Waals surface area contributed by atoms with Crippen LogP contribution in [0.2, 0.25) is 5.02 Å². The van der Waals surface area contributed by atoms with E-state index in [2.05, 4.69) is 10.3 Å². The summed E-state index contributed by atoms with van der Waals surface area (Å²) < 4.78 is 27.1. The van der Waals surface area contributed by atoms with Crippen molar-refractivity contribution in [3.05, 3.63) is 69.7 Å². The van der Waals surface area contributed by atoms with Gasteiger partial charge in [-0.25, -0.2) is 13.8 Å². The third-order valence-electron chi connectivity index (χ3n) is 3.30. The molecule has 1 N–H and O–H groups in total. The van der Waals surface area contributed by atoms with Crippen LogP contribution in [0.15, 0.2) is 47.5 Å². The average Bonchev–Trinajstić information content (AvgIpc) is 2.54. The Hall–Kier alpha value is -2.80. The monoisotopic (exact) mass is 349 g/mol. The van der Waals surface area contributed by atoms with Crippen molar-refractivity contribution in [3.63, 3.8) is 0 Å². The third-order valence-corrected chi connectivity index (χ3v) is 3.54. The first-order valence-corrected chi connectivity index (χ1v) is 7.21. The van der Waals surface area contributed by atoms with Gasteiger partial charge in [0, 0.05) is 16.8 Å². The maximum atomic E-state index is 13.1. The molecule has 0 atom stereocenters. The third kappa shape index (κ3) is 3.26. The van der Waals surface area contributed by atoms with E-state index in [1.165, 1.54) is 18.5 Å². The van der Waals surface area contributed by atoms with Crippen molar-refractivity contribution >= 4 is 34.1 Å². The van der Waals surface area contributed by atoms with Crippen molar-refractivity contribution in [2.24, 2.45) is 0 Å². The lowest BCUT2D eigenvalue weighted by Crippen LogP contribution is -2.28. The van der Waals surface area contributed by atoms with Crippen LogP contribution >= 0.6 is 11.6 Å². The first-order chi connectivity index (χ1) is 11.4. The fraction of sp³-hybridized carbons (Fsp3) is 0.0625. The molecule has 122 valence electrons. The molecule has 0 bridgehead atoms. The molecule has 3 rings (SSSR count). The standard InChI is InChI=1S/C16H10ClF2N3O2/c17-9-1-4-14-11(5-9)16(24)22(8-20-14)7-15(23)21-10-2-3-12(18)13(19)6-10/h1-6,8H,7H2,(H,21,23). The fourth-order valence-electron chi connectivity index (χ4n) is 2.17. The molecule has 0 radical (unpaired) electrons. The number of fused-ring (bicyclic) bond motifs is 1. The molecule has 5 nitrogen and oxygen atoms in total. The summed E-state index contributed by atoms with van der Waals surface area (Å²) >= 11 is 5.86. The lowest BCUT2D eigenvalue weighted by Gasteiger charge is -2.08. The minimum atomic E-state index is -1.08. The first-order valence-electron chi connectivity index (χ1n) is 6.83. The topological polar surface area (TPSA) is 64.0 Å².